The summed E-state index contributed by atoms with van der Waals surface area (Å²) >= 11 is 4.81. The Hall–Kier alpha value is -1.64. The lowest BCUT2D eigenvalue weighted by atomic mass is 9.97. The average Bonchev–Trinajstić information content (AvgIpc) is 3.28. The third-order valence-corrected chi connectivity index (χ3v) is 7.71. The van der Waals surface area contributed by atoms with Crippen molar-refractivity contribution in [3.05, 3.63) is 49.0 Å². The highest BCUT2D eigenvalue weighted by atomic mass is 32.2. The highest BCUT2D eigenvalue weighted by molar-refractivity contribution is 7.99. The molecule has 0 radical (unpaired) electrons. The third kappa shape index (κ3) is 4.12. The summed E-state index contributed by atoms with van der Waals surface area (Å²) in [6, 6.07) is 4.03. The Bertz CT molecular complexity index is 1010. The number of rotatable bonds is 6. The molecule has 3 heterocycles. The summed E-state index contributed by atoms with van der Waals surface area (Å²) in [6.45, 7) is 0.638. The van der Waals surface area contributed by atoms with Gasteiger partial charge in [-0.05, 0) is 42.7 Å². The van der Waals surface area contributed by atoms with Gasteiger partial charge in [-0.2, -0.15) is 0 Å². The lowest BCUT2D eigenvalue weighted by Gasteiger charge is -2.15. The monoisotopic (exact) mass is 419 g/mol. The maximum absolute atomic E-state index is 12.5. The maximum Gasteiger partial charge on any atom is 0.259 e. The number of hydrogen-bond acceptors (Lipinski definition) is 6. The molecule has 0 unspecified atom stereocenters. The molecule has 3 aromatic heterocycles. The van der Waals surface area contributed by atoms with Crippen LogP contribution in [-0.4, -0.2) is 33.6 Å². The Balaban J connectivity index is 1.39. The molecule has 1 amide bonds. The molecule has 0 spiro atoms. The van der Waals surface area contributed by atoms with Gasteiger partial charge in [0.15, 0.2) is 0 Å². The molecule has 0 fully saturated rings. The molecule has 0 aromatic carbocycles. The molecule has 8 heteroatoms. The van der Waals surface area contributed by atoms with E-state index in [1.54, 1.807) is 27.6 Å². The van der Waals surface area contributed by atoms with E-state index in [1.165, 1.54) is 33.5 Å². The first-order valence-electron chi connectivity index (χ1n) is 8.99. The Labute approximate surface area is 169 Å². The number of fused-ring (bicyclic) bond motifs is 3. The van der Waals surface area contributed by atoms with Crippen molar-refractivity contribution in [2.24, 2.45) is 0 Å². The first kappa shape index (κ1) is 18.7. The van der Waals surface area contributed by atoms with Gasteiger partial charge in [0.2, 0.25) is 5.91 Å². The molecular weight excluding hydrogens is 398 g/mol. The lowest BCUT2D eigenvalue weighted by Crippen LogP contribution is -2.27. The predicted octanol–water partition coefficient (Wildman–Crippen LogP) is 3.82. The predicted molar refractivity (Wildman–Crippen MR) is 114 cm³/mol. The van der Waals surface area contributed by atoms with Gasteiger partial charge in [-0.25, -0.2) is 4.98 Å². The van der Waals surface area contributed by atoms with Crippen LogP contribution in [-0.2, 0) is 29.9 Å². The first-order valence-corrected chi connectivity index (χ1v) is 11.8. The summed E-state index contributed by atoms with van der Waals surface area (Å²) in [5.41, 5.74) is 1.18. The Morgan fingerprint density at radius 3 is 3.04 bits per heavy atom. The van der Waals surface area contributed by atoms with Gasteiger partial charge >= 0.3 is 0 Å². The van der Waals surface area contributed by atoms with Gasteiger partial charge in [0.25, 0.3) is 5.56 Å². The number of carbonyl (C=O) groups is 1. The molecule has 0 aliphatic heterocycles. The number of nitrogens with zero attached hydrogens (tertiary/aromatic N) is 2. The highest BCUT2D eigenvalue weighted by Gasteiger charge is 2.20. The number of nitrogens with one attached hydrogen (secondary N) is 1. The van der Waals surface area contributed by atoms with E-state index in [0.717, 1.165) is 29.5 Å². The molecule has 1 N–H and O–H groups in total. The van der Waals surface area contributed by atoms with E-state index in [1.807, 2.05) is 24.6 Å². The minimum atomic E-state index is -0.0314. The standard InChI is InChI=1S/C19H21N3O2S3/c1-22(9-12-5-4-8-26-12)16(23)11-25-10-15-20-18(24)17-13-6-2-3-7-14(13)27-19(17)21-15/h4-5,8H,2-3,6-7,9-11H2,1H3,(H,20,21,24). The minimum absolute atomic E-state index is 0.0314. The van der Waals surface area contributed by atoms with Crippen molar-refractivity contribution in [3.63, 3.8) is 0 Å². The van der Waals surface area contributed by atoms with Gasteiger partial charge in [0, 0.05) is 16.8 Å². The van der Waals surface area contributed by atoms with Crippen LogP contribution >= 0.6 is 34.4 Å². The molecular formula is C19H21N3O2S3. The van der Waals surface area contributed by atoms with Crippen LogP contribution < -0.4 is 5.56 Å². The normalized spacial score (nSPS) is 13.7. The summed E-state index contributed by atoms with van der Waals surface area (Å²) in [4.78, 5) is 37.5. The number of hydrogen-bond donors (Lipinski definition) is 1. The van der Waals surface area contributed by atoms with E-state index in [-0.39, 0.29) is 11.5 Å². The van der Waals surface area contributed by atoms with Crippen LogP contribution in [0.1, 0.15) is 34.0 Å². The molecule has 0 atom stereocenters. The Kier molecular flexibility index (Phi) is 5.66. The maximum atomic E-state index is 12.5. The quantitative estimate of drug-likeness (QED) is 0.660. The molecule has 3 aromatic rings. The zero-order chi connectivity index (χ0) is 18.8. The van der Waals surface area contributed by atoms with E-state index >= 15 is 0 Å². The van der Waals surface area contributed by atoms with Crippen LogP contribution in [0, 0.1) is 0 Å². The molecule has 4 rings (SSSR count). The van der Waals surface area contributed by atoms with Crippen molar-refractivity contribution >= 4 is 50.6 Å². The highest BCUT2D eigenvalue weighted by Crippen LogP contribution is 2.33. The van der Waals surface area contributed by atoms with Crippen LogP contribution in [0.4, 0.5) is 0 Å². The molecule has 0 saturated carbocycles. The molecule has 142 valence electrons. The summed E-state index contributed by atoms with van der Waals surface area (Å²) in [6.07, 6.45) is 4.39. The van der Waals surface area contributed by atoms with Gasteiger partial charge in [-0.15, -0.1) is 34.4 Å². The van der Waals surface area contributed by atoms with Crippen LogP contribution in [0.25, 0.3) is 10.2 Å². The van der Waals surface area contributed by atoms with Crippen LogP contribution in [0.15, 0.2) is 22.3 Å². The molecule has 27 heavy (non-hydrogen) atoms. The van der Waals surface area contributed by atoms with Crippen molar-refractivity contribution < 1.29 is 4.79 Å². The second-order valence-corrected chi connectivity index (χ2v) is 9.83. The van der Waals surface area contributed by atoms with Crippen LogP contribution in [0.5, 0.6) is 0 Å². The van der Waals surface area contributed by atoms with Crippen molar-refractivity contribution in [2.45, 2.75) is 38.0 Å². The molecule has 0 bridgehead atoms. The van der Waals surface area contributed by atoms with E-state index in [0.29, 0.717) is 23.9 Å². The van der Waals surface area contributed by atoms with Crippen molar-refractivity contribution in [1.29, 1.82) is 0 Å². The van der Waals surface area contributed by atoms with Crippen molar-refractivity contribution in [3.8, 4) is 0 Å². The van der Waals surface area contributed by atoms with Crippen molar-refractivity contribution in [1.82, 2.24) is 14.9 Å². The fourth-order valence-corrected chi connectivity index (χ4v) is 6.21. The van der Waals surface area contributed by atoms with Crippen LogP contribution in [0.3, 0.4) is 0 Å². The van der Waals surface area contributed by atoms with Gasteiger partial charge in [-0.3, -0.25) is 9.59 Å². The number of carbonyl (C=O) groups excluding carboxylic acids is 1. The fraction of sp³-hybridized carbons (Fsp3) is 0.421. The largest absolute Gasteiger partial charge is 0.340 e. The molecule has 1 aliphatic carbocycles. The minimum Gasteiger partial charge on any atom is -0.340 e. The Morgan fingerprint density at radius 2 is 2.22 bits per heavy atom. The van der Waals surface area contributed by atoms with Crippen molar-refractivity contribution in [2.75, 3.05) is 12.8 Å². The van der Waals surface area contributed by atoms with Gasteiger partial charge in [0.05, 0.1) is 23.4 Å². The third-order valence-electron chi connectivity index (χ3n) is 4.74. The van der Waals surface area contributed by atoms with E-state index in [9.17, 15) is 9.59 Å². The summed E-state index contributed by atoms with van der Waals surface area (Å²) in [7, 11) is 1.82. The molecule has 0 saturated heterocycles. The fourth-order valence-electron chi connectivity index (χ4n) is 3.35. The topological polar surface area (TPSA) is 66.1 Å². The number of aromatic amines is 1. The van der Waals surface area contributed by atoms with E-state index in [2.05, 4.69) is 9.97 Å². The lowest BCUT2D eigenvalue weighted by molar-refractivity contribution is -0.127. The second kappa shape index (κ2) is 8.16. The number of thiophene rings is 2. The number of aromatic nitrogens is 2. The molecule has 1 aliphatic rings. The second-order valence-electron chi connectivity index (χ2n) is 6.73. The number of aryl methyl sites for hydroxylation is 2. The van der Waals surface area contributed by atoms with Gasteiger partial charge in [-0.1, -0.05) is 6.07 Å². The number of thioether (sulfide) groups is 1. The number of amides is 1. The molecule has 5 nitrogen and oxygen atoms in total. The zero-order valence-electron chi connectivity index (χ0n) is 15.1. The SMILES string of the molecule is CN(Cc1cccs1)C(=O)CSCc1nc2sc3c(c2c(=O)[nH]1)CCCC3. The van der Waals surface area contributed by atoms with Gasteiger partial charge in [0.1, 0.15) is 10.7 Å². The summed E-state index contributed by atoms with van der Waals surface area (Å²) in [5.74, 6) is 1.66. The zero-order valence-corrected chi connectivity index (χ0v) is 17.6. The van der Waals surface area contributed by atoms with E-state index in [4.69, 9.17) is 0 Å². The first-order chi connectivity index (χ1) is 13.1. The van der Waals surface area contributed by atoms with Crippen LogP contribution in [0.2, 0.25) is 0 Å². The average molecular weight is 420 g/mol. The number of H-pyrrole nitrogens is 1. The smallest absolute Gasteiger partial charge is 0.259 e. The van der Waals surface area contributed by atoms with E-state index < -0.39 is 0 Å². The Morgan fingerprint density at radius 1 is 1.37 bits per heavy atom. The van der Waals surface area contributed by atoms with Gasteiger partial charge < -0.3 is 9.88 Å². The summed E-state index contributed by atoms with van der Waals surface area (Å²) < 4.78 is 0. The summed E-state index contributed by atoms with van der Waals surface area (Å²) in [5, 5.41) is 2.80.